The molecule has 2 unspecified atom stereocenters. The molecule has 1 amide bonds. The Bertz CT molecular complexity index is 543. The molecule has 0 radical (unpaired) electrons. The molecule has 3 rings (SSSR count). The monoisotopic (exact) mass is 337 g/mol. The zero-order chi connectivity index (χ0) is 16.4. The van der Waals surface area contributed by atoms with Gasteiger partial charge in [0.05, 0.1) is 11.1 Å². The summed E-state index contributed by atoms with van der Waals surface area (Å²) in [6.07, 6.45) is 3.84. The van der Waals surface area contributed by atoms with E-state index in [0.717, 1.165) is 44.7 Å². The van der Waals surface area contributed by atoms with Crippen LogP contribution in [0.5, 0.6) is 0 Å². The Morgan fingerprint density at radius 3 is 2.61 bits per heavy atom. The highest BCUT2D eigenvalue weighted by Crippen LogP contribution is 2.26. The smallest absolute Gasteiger partial charge is 0.225 e. The molecule has 0 saturated carbocycles. The third-order valence-electron chi connectivity index (χ3n) is 5.11. The minimum atomic E-state index is -0.383. The van der Waals surface area contributed by atoms with Gasteiger partial charge in [0, 0.05) is 38.3 Å². The number of halogens is 1. The Hall–Kier alpha value is -1.33. The fraction of sp³-hybridized carbons (Fsp3) is 0.647. The SMILES string of the molecule is CC1CCN(C(=O)C2CCN(c3ccc(Cl)cn3)CC2)CC1O. The Kier molecular flexibility index (Phi) is 5.07. The van der Waals surface area contributed by atoms with Crippen LogP contribution < -0.4 is 4.90 Å². The van der Waals surface area contributed by atoms with Crippen molar-refractivity contribution in [1.29, 1.82) is 0 Å². The number of β-amino-alcohol motifs (C(OH)–C–C–N with tert-alkyl or cyclic N) is 1. The molecule has 6 heteroatoms. The number of aliphatic hydroxyl groups excluding tert-OH is 1. The molecular weight excluding hydrogens is 314 g/mol. The van der Waals surface area contributed by atoms with Crippen LogP contribution in [0.3, 0.4) is 0 Å². The van der Waals surface area contributed by atoms with Crippen molar-refractivity contribution in [2.24, 2.45) is 11.8 Å². The minimum absolute atomic E-state index is 0.0687. The number of likely N-dealkylation sites (tertiary alicyclic amines) is 1. The number of carbonyl (C=O) groups is 1. The van der Waals surface area contributed by atoms with E-state index in [4.69, 9.17) is 11.6 Å². The van der Waals surface area contributed by atoms with E-state index in [1.54, 1.807) is 6.20 Å². The van der Waals surface area contributed by atoms with E-state index in [1.165, 1.54) is 0 Å². The summed E-state index contributed by atoms with van der Waals surface area (Å²) in [5.74, 6) is 1.48. The first-order chi connectivity index (χ1) is 11.0. The summed E-state index contributed by atoms with van der Waals surface area (Å²) in [6.45, 7) is 4.97. The van der Waals surface area contributed by atoms with Crippen molar-refractivity contribution in [3.05, 3.63) is 23.4 Å². The first-order valence-electron chi connectivity index (χ1n) is 8.38. The van der Waals surface area contributed by atoms with Gasteiger partial charge in [-0.25, -0.2) is 4.98 Å². The van der Waals surface area contributed by atoms with E-state index < -0.39 is 0 Å². The molecule has 1 aromatic heterocycles. The van der Waals surface area contributed by atoms with E-state index in [1.807, 2.05) is 24.0 Å². The average molecular weight is 338 g/mol. The van der Waals surface area contributed by atoms with E-state index in [-0.39, 0.29) is 23.8 Å². The molecule has 0 aromatic carbocycles. The van der Waals surface area contributed by atoms with Crippen LogP contribution in [0.15, 0.2) is 18.3 Å². The van der Waals surface area contributed by atoms with Gasteiger partial charge < -0.3 is 14.9 Å². The summed E-state index contributed by atoms with van der Waals surface area (Å²) in [6, 6.07) is 3.77. The zero-order valence-corrected chi connectivity index (χ0v) is 14.2. The van der Waals surface area contributed by atoms with E-state index in [2.05, 4.69) is 9.88 Å². The molecule has 2 saturated heterocycles. The van der Waals surface area contributed by atoms with E-state index >= 15 is 0 Å². The third kappa shape index (κ3) is 3.78. The summed E-state index contributed by atoms with van der Waals surface area (Å²) < 4.78 is 0. The molecule has 5 nitrogen and oxygen atoms in total. The normalized spacial score (nSPS) is 26.4. The second-order valence-electron chi connectivity index (χ2n) is 6.71. The lowest BCUT2D eigenvalue weighted by Crippen LogP contribution is -2.49. The predicted octanol–water partition coefficient (Wildman–Crippen LogP) is 2.18. The number of rotatable bonds is 2. The Labute approximate surface area is 142 Å². The molecule has 0 bridgehead atoms. The van der Waals surface area contributed by atoms with Crippen LogP contribution in [0, 0.1) is 11.8 Å². The van der Waals surface area contributed by atoms with Gasteiger partial charge >= 0.3 is 0 Å². The lowest BCUT2D eigenvalue weighted by Gasteiger charge is -2.38. The first kappa shape index (κ1) is 16.5. The standard InChI is InChI=1S/C17H24ClN3O2/c1-12-4-7-21(11-15(12)22)17(23)13-5-8-20(9-6-13)16-3-2-14(18)10-19-16/h2-3,10,12-13,15,22H,4-9,11H2,1H3. The highest BCUT2D eigenvalue weighted by Gasteiger charge is 2.33. The van der Waals surface area contributed by atoms with Gasteiger partial charge in [-0.15, -0.1) is 0 Å². The predicted molar refractivity (Wildman–Crippen MR) is 90.6 cm³/mol. The lowest BCUT2D eigenvalue weighted by molar-refractivity contribution is -0.140. The largest absolute Gasteiger partial charge is 0.391 e. The molecule has 1 N–H and O–H groups in total. The number of aromatic nitrogens is 1. The number of aliphatic hydroxyl groups is 1. The number of carbonyl (C=O) groups excluding carboxylic acids is 1. The fourth-order valence-corrected chi connectivity index (χ4v) is 3.53. The lowest BCUT2D eigenvalue weighted by atomic mass is 9.91. The van der Waals surface area contributed by atoms with Gasteiger partial charge in [0.1, 0.15) is 5.82 Å². The molecule has 126 valence electrons. The van der Waals surface area contributed by atoms with E-state index in [0.29, 0.717) is 11.6 Å². The average Bonchev–Trinajstić information content (AvgIpc) is 2.57. The maximum Gasteiger partial charge on any atom is 0.225 e. The molecule has 0 aliphatic carbocycles. The summed E-state index contributed by atoms with van der Waals surface area (Å²) in [5, 5.41) is 10.6. The van der Waals surface area contributed by atoms with Crippen LogP contribution in [-0.4, -0.2) is 53.2 Å². The fourth-order valence-electron chi connectivity index (χ4n) is 3.42. The molecule has 2 atom stereocenters. The van der Waals surface area contributed by atoms with Crippen molar-refractivity contribution in [3.63, 3.8) is 0 Å². The molecular formula is C17H24ClN3O2. The third-order valence-corrected chi connectivity index (χ3v) is 5.33. The van der Waals surface area contributed by atoms with Gasteiger partial charge in [-0.2, -0.15) is 0 Å². The van der Waals surface area contributed by atoms with Gasteiger partial charge in [-0.05, 0) is 37.3 Å². The van der Waals surface area contributed by atoms with Crippen LogP contribution in [0.4, 0.5) is 5.82 Å². The van der Waals surface area contributed by atoms with Crippen molar-refractivity contribution in [3.8, 4) is 0 Å². The zero-order valence-electron chi connectivity index (χ0n) is 13.5. The summed E-state index contributed by atoms with van der Waals surface area (Å²) in [7, 11) is 0. The number of hydrogen-bond donors (Lipinski definition) is 1. The number of nitrogens with zero attached hydrogens (tertiary/aromatic N) is 3. The maximum atomic E-state index is 12.7. The van der Waals surface area contributed by atoms with Crippen LogP contribution in [0.25, 0.3) is 0 Å². The second kappa shape index (κ2) is 7.05. The Morgan fingerprint density at radius 2 is 2.00 bits per heavy atom. The van der Waals surface area contributed by atoms with Gasteiger partial charge in [-0.1, -0.05) is 18.5 Å². The number of hydrogen-bond acceptors (Lipinski definition) is 4. The first-order valence-corrected chi connectivity index (χ1v) is 8.75. The molecule has 0 spiro atoms. The topological polar surface area (TPSA) is 56.7 Å². The second-order valence-corrected chi connectivity index (χ2v) is 7.15. The van der Waals surface area contributed by atoms with Crippen molar-refractivity contribution in [2.75, 3.05) is 31.1 Å². The van der Waals surface area contributed by atoms with Gasteiger partial charge in [-0.3, -0.25) is 4.79 Å². The quantitative estimate of drug-likeness (QED) is 0.898. The highest BCUT2D eigenvalue weighted by molar-refractivity contribution is 6.30. The van der Waals surface area contributed by atoms with Crippen molar-refractivity contribution in [1.82, 2.24) is 9.88 Å². The summed E-state index contributed by atoms with van der Waals surface area (Å²) >= 11 is 5.87. The van der Waals surface area contributed by atoms with Crippen molar-refractivity contribution >= 4 is 23.3 Å². The number of pyridine rings is 1. The van der Waals surface area contributed by atoms with Crippen LogP contribution in [0.1, 0.15) is 26.2 Å². The van der Waals surface area contributed by atoms with E-state index in [9.17, 15) is 9.90 Å². The number of amides is 1. The Balaban J connectivity index is 1.54. The highest BCUT2D eigenvalue weighted by atomic mass is 35.5. The molecule has 2 aliphatic heterocycles. The van der Waals surface area contributed by atoms with Crippen LogP contribution in [-0.2, 0) is 4.79 Å². The molecule has 2 fully saturated rings. The summed E-state index contributed by atoms with van der Waals surface area (Å²) in [4.78, 5) is 21.1. The minimum Gasteiger partial charge on any atom is -0.391 e. The molecule has 3 heterocycles. The molecule has 23 heavy (non-hydrogen) atoms. The summed E-state index contributed by atoms with van der Waals surface area (Å²) in [5.41, 5.74) is 0. The number of piperidine rings is 2. The van der Waals surface area contributed by atoms with Gasteiger partial charge in [0.25, 0.3) is 0 Å². The molecule has 2 aliphatic rings. The van der Waals surface area contributed by atoms with Crippen LogP contribution in [0.2, 0.25) is 5.02 Å². The van der Waals surface area contributed by atoms with Crippen LogP contribution >= 0.6 is 11.6 Å². The molecule has 1 aromatic rings. The Morgan fingerprint density at radius 1 is 1.26 bits per heavy atom. The van der Waals surface area contributed by atoms with Gasteiger partial charge in [0.15, 0.2) is 0 Å². The number of anilines is 1. The van der Waals surface area contributed by atoms with Crippen molar-refractivity contribution < 1.29 is 9.90 Å². The van der Waals surface area contributed by atoms with Crippen molar-refractivity contribution in [2.45, 2.75) is 32.3 Å². The van der Waals surface area contributed by atoms with Gasteiger partial charge in [0.2, 0.25) is 5.91 Å². The maximum absolute atomic E-state index is 12.7.